The van der Waals surface area contributed by atoms with E-state index >= 15 is 0 Å². The van der Waals surface area contributed by atoms with Gasteiger partial charge in [0, 0.05) is 56.4 Å². The Labute approximate surface area is 170 Å². The predicted molar refractivity (Wildman–Crippen MR) is 114 cm³/mol. The molecule has 1 saturated heterocycles. The van der Waals surface area contributed by atoms with Gasteiger partial charge in [0.1, 0.15) is 5.82 Å². The Morgan fingerprint density at radius 3 is 2.55 bits per heavy atom. The number of piperazine rings is 1. The Morgan fingerprint density at radius 2 is 1.76 bits per heavy atom. The number of H-pyrrole nitrogens is 1. The third kappa shape index (κ3) is 4.95. The van der Waals surface area contributed by atoms with Crippen LogP contribution in [0.2, 0.25) is 0 Å². The normalized spacial score (nSPS) is 15.0. The van der Waals surface area contributed by atoms with E-state index in [-0.39, 0.29) is 11.8 Å². The predicted octanol–water partition coefficient (Wildman–Crippen LogP) is 3.42. The van der Waals surface area contributed by atoms with Gasteiger partial charge in [0.05, 0.1) is 0 Å². The summed E-state index contributed by atoms with van der Waals surface area (Å²) in [7, 11) is 0. The highest BCUT2D eigenvalue weighted by Crippen LogP contribution is 2.18. The van der Waals surface area contributed by atoms with Crippen LogP contribution in [-0.2, 0) is 12.8 Å². The second-order valence-corrected chi connectivity index (χ2v) is 7.55. The van der Waals surface area contributed by atoms with Crippen LogP contribution in [0.25, 0.3) is 10.9 Å². The average Bonchev–Trinajstić information content (AvgIpc) is 3.17. The van der Waals surface area contributed by atoms with Crippen molar-refractivity contribution in [3.63, 3.8) is 0 Å². The zero-order chi connectivity index (χ0) is 20.1. The van der Waals surface area contributed by atoms with Crippen molar-refractivity contribution < 1.29 is 9.18 Å². The van der Waals surface area contributed by atoms with Crippen LogP contribution < -0.4 is 5.32 Å². The lowest BCUT2D eigenvalue weighted by Gasteiger charge is -2.34. The van der Waals surface area contributed by atoms with Crippen LogP contribution in [0.1, 0.15) is 11.1 Å². The number of aromatic nitrogens is 1. The third-order valence-electron chi connectivity index (χ3n) is 5.63. The molecular formula is C23H27FN4O. The highest BCUT2D eigenvalue weighted by molar-refractivity contribution is 5.83. The van der Waals surface area contributed by atoms with Crippen LogP contribution in [0, 0.1) is 5.82 Å². The third-order valence-corrected chi connectivity index (χ3v) is 5.63. The summed E-state index contributed by atoms with van der Waals surface area (Å²) in [6.07, 6.45) is 3.82. The number of para-hydroxylation sites is 1. The van der Waals surface area contributed by atoms with E-state index in [2.05, 4.69) is 39.6 Å². The number of carbonyl (C=O) groups excluding carboxylic acids is 1. The minimum absolute atomic E-state index is 0.0107. The fourth-order valence-corrected chi connectivity index (χ4v) is 3.87. The Bertz CT molecular complexity index is 945. The molecule has 2 aromatic carbocycles. The molecular weight excluding hydrogens is 367 g/mol. The lowest BCUT2D eigenvalue weighted by atomic mass is 10.1. The number of aromatic amines is 1. The monoisotopic (exact) mass is 394 g/mol. The summed E-state index contributed by atoms with van der Waals surface area (Å²) in [5.41, 5.74) is 3.56. The molecule has 5 nitrogen and oxygen atoms in total. The first-order valence-corrected chi connectivity index (χ1v) is 10.2. The van der Waals surface area contributed by atoms with E-state index in [4.69, 9.17) is 0 Å². The minimum Gasteiger partial charge on any atom is -0.361 e. The molecule has 1 aliphatic heterocycles. The van der Waals surface area contributed by atoms with Crippen LogP contribution in [0.5, 0.6) is 0 Å². The number of amides is 2. The molecule has 2 heterocycles. The van der Waals surface area contributed by atoms with Gasteiger partial charge in [-0.3, -0.25) is 4.90 Å². The number of hydrogen-bond acceptors (Lipinski definition) is 2. The standard InChI is InChI=1S/C23H27FN4O/c24-20-7-5-18(6-8-20)9-11-25-23(29)28-15-13-27(14-16-28)12-10-19-17-26-22-4-2-1-3-21(19)22/h1-8,17,26H,9-16H2,(H,25,29). The first-order chi connectivity index (χ1) is 14.2. The van der Waals surface area contributed by atoms with E-state index in [9.17, 15) is 9.18 Å². The Kier molecular flexibility index (Phi) is 6.10. The molecule has 0 bridgehead atoms. The molecule has 29 heavy (non-hydrogen) atoms. The van der Waals surface area contributed by atoms with Crippen LogP contribution in [0.4, 0.5) is 9.18 Å². The fraction of sp³-hybridized carbons (Fsp3) is 0.348. The Hall–Kier alpha value is -2.86. The topological polar surface area (TPSA) is 51.4 Å². The molecule has 0 atom stereocenters. The molecule has 3 aromatic rings. The second kappa shape index (κ2) is 9.09. The molecule has 0 aliphatic carbocycles. The smallest absolute Gasteiger partial charge is 0.317 e. The number of hydrogen-bond donors (Lipinski definition) is 2. The maximum absolute atomic E-state index is 12.9. The van der Waals surface area contributed by atoms with Gasteiger partial charge in [-0.1, -0.05) is 30.3 Å². The van der Waals surface area contributed by atoms with Gasteiger partial charge in [0.15, 0.2) is 0 Å². The number of urea groups is 1. The van der Waals surface area contributed by atoms with Crippen LogP contribution in [0.15, 0.2) is 54.7 Å². The van der Waals surface area contributed by atoms with Gasteiger partial charge in [-0.2, -0.15) is 0 Å². The van der Waals surface area contributed by atoms with Crippen molar-refractivity contribution in [3.8, 4) is 0 Å². The number of fused-ring (bicyclic) bond motifs is 1. The molecule has 0 unspecified atom stereocenters. The molecule has 1 fully saturated rings. The average molecular weight is 394 g/mol. The van der Waals surface area contributed by atoms with Crippen molar-refractivity contribution in [1.29, 1.82) is 0 Å². The number of halogens is 1. The molecule has 2 N–H and O–H groups in total. The quantitative estimate of drug-likeness (QED) is 0.673. The summed E-state index contributed by atoms with van der Waals surface area (Å²) in [5, 5.41) is 4.27. The van der Waals surface area contributed by atoms with E-state index in [1.807, 2.05) is 11.0 Å². The van der Waals surface area contributed by atoms with Crippen LogP contribution >= 0.6 is 0 Å². The summed E-state index contributed by atoms with van der Waals surface area (Å²) in [4.78, 5) is 20.0. The lowest BCUT2D eigenvalue weighted by Crippen LogP contribution is -2.52. The molecule has 152 valence electrons. The molecule has 1 aliphatic rings. The van der Waals surface area contributed by atoms with E-state index in [0.717, 1.165) is 44.7 Å². The highest BCUT2D eigenvalue weighted by atomic mass is 19.1. The lowest BCUT2D eigenvalue weighted by molar-refractivity contribution is 0.140. The summed E-state index contributed by atoms with van der Waals surface area (Å²) in [6, 6.07) is 14.8. The van der Waals surface area contributed by atoms with E-state index in [1.54, 1.807) is 12.1 Å². The van der Waals surface area contributed by atoms with Gasteiger partial charge in [-0.05, 0) is 42.2 Å². The van der Waals surface area contributed by atoms with Gasteiger partial charge >= 0.3 is 6.03 Å². The van der Waals surface area contributed by atoms with Crippen molar-refractivity contribution >= 4 is 16.9 Å². The summed E-state index contributed by atoms with van der Waals surface area (Å²) in [6.45, 7) is 4.85. The first kappa shape index (κ1) is 19.5. The fourth-order valence-electron chi connectivity index (χ4n) is 3.87. The maximum Gasteiger partial charge on any atom is 0.317 e. The number of nitrogens with one attached hydrogen (secondary N) is 2. The molecule has 0 radical (unpaired) electrons. The van der Waals surface area contributed by atoms with Crippen molar-refractivity contribution in [3.05, 3.63) is 71.7 Å². The number of nitrogens with zero attached hydrogens (tertiary/aromatic N) is 2. The zero-order valence-corrected chi connectivity index (χ0v) is 16.5. The molecule has 6 heteroatoms. The number of rotatable bonds is 6. The van der Waals surface area contributed by atoms with Gasteiger partial charge in [-0.25, -0.2) is 9.18 Å². The van der Waals surface area contributed by atoms with Crippen molar-refractivity contribution in [2.75, 3.05) is 39.3 Å². The molecule has 4 rings (SSSR count). The number of benzene rings is 2. The number of carbonyl (C=O) groups is 1. The highest BCUT2D eigenvalue weighted by Gasteiger charge is 2.20. The first-order valence-electron chi connectivity index (χ1n) is 10.2. The molecule has 0 saturated carbocycles. The Morgan fingerprint density at radius 1 is 1.00 bits per heavy atom. The maximum atomic E-state index is 12.9. The van der Waals surface area contributed by atoms with Crippen molar-refractivity contribution in [1.82, 2.24) is 20.1 Å². The molecule has 1 aromatic heterocycles. The van der Waals surface area contributed by atoms with Crippen molar-refractivity contribution in [2.45, 2.75) is 12.8 Å². The van der Waals surface area contributed by atoms with E-state index in [1.165, 1.54) is 28.6 Å². The summed E-state index contributed by atoms with van der Waals surface area (Å²) in [5.74, 6) is -0.236. The van der Waals surface area contributed by atoms with Gasteiger partial charge in [0.2, 0.25) is 0 Å². The van der Waals surface area contributed by atoms with Gasteiger partial charge in [0.25, 0.3) is 0 Å². The van der Waals surface area contributed by atoms with Gasteiger partial charge < -0.3 is 15.2 Å². The zero-order valence-electron chi connectivity index (χ0n) is 16.5. The van der Waals surface area contributed by atoms with Gasteiger partial charge in [-0.15, -0.1) is 0 Å². The second-order valence-electron chi connectivity index (χ2n) is 7.55. The summed E-state index contributed by atoms with van der Waals surface area (Å²) < 4.78 is 12.9. The van der Waals surface area contributed by atoms with E-state index < -0.39 is 0 Å². The SMILES string of the molecule is O=C(NCCc1ccc(F)cc1)N1CCN(CCc2c[nH]c3ccccc23)CC1. The minimum atomic E-state index is -0.236. The molecule has 0 spiro atoms. The van der Waals surface area contributed by atoms with E-state index in [0.29, 0.717) is 13.0 Å². The largest absolute Gasteiger partial charge is 0.361 e. The Balaban J connectivity index is 1.18. The molecule has 2 amide bonds. The van der Waals surface area contributed by atoms with Crippen molar-refractivity contribution in [2.24, 2.45) is 0 Å². The summed E-state index contributed by atoms with van der Waals surface area (Å²) >= 11 is 0. The van der Waals surface area contributed by atoms with Crippen LogP contribution in [-0.4, -0.2) is 60.1 Å². The van der Waals surface area contributed by atoms with Crippen LogP contribution in [0.3, 0.4) is 0 Å².